The molecule has 0 heterocycles. The van der Waals surface area contributed by atoms with Crippen molar-refractivity contribution in [3.05, 3.63) is 35.9 Å². The van der Waals surface area contributed by atoms with E-state index in [9.17, 15) is 9.90 Å². The molecule has 0 aromatic heterocycles. The van der Waals surface area contributed by atoms with Gasteiger partial charge in [0.2, 0.25) is 0 Å². The van der Waals surface area contributed by atoms with Gasteiger partial charge < -0.3 is 9.84 Å². The second-order valence-electron chi connectivity index (χ2n) is 5.19. The summed E-state index contributed by atoms with van der Waals surface area (Å²) in [5, 5.41) is 9.44. The number of carbonyl (C=O) groups excluding carboxylic acids is 1. The molecule has 1 aliphatic rings. The lowest BCUT2D eigenvalue weighted by atomic mass is 9.84. The first-order chi connectivity index (χ1) is 8.74. The SMILES string of the molecule is O=C(CC1(CO)CCCC1)OCc1ccccc1. The Morgan fingerprint density at radius 3 is 2.50 bits per heavy atom. The Bertz CT molecular complexity index is 380. The maximum Gasteiger partial charge on any atom is 0.306 e. The monoisotopic (exact) mass is 248 g/mol. The fourth-order valence-corrected chi connectivity index (χ4v) is 2.61. The van der Waals surface area contributed by atoms with Crippen molar-refractivity contribution in [2.75, 3.05) is 6.61 Å². The Labute approximate surface area is 108 Å². The molecular weight excluding hydrogens is 228 g/mol. The van der Waals surface area contributed by atoms with Gasteiger partial charge in [-0.05, 0) is 18.4 Å². The lowest BCUT2D eigenvalue weighted by molar-refractivity contribution is -0.148. The third-order valence-electron chi connectivity index (χ3n) is 3.76. The fourth-order valence-electron chi connectivity index (χ4n) is 2.61. The van der Waals surface area contributed by atoms with Crippen LogP contribution in [0.1, 0.15) is 37.7 Å². The number of hydrogen-bond donors (Lipinski definition) is 1. The number of carbonyl (C=O) groups is 1. The van der Waals surface area contributed by atoms with Crippen molar-refractivity contribution in [3.8, 4) is 0 Å². The first-order valence-corrected chi connectivity index (χ1v) is 6.55. The number of ether oxygens (including phenoxy) is 1. The van der Waals surface area contributed by atoms with E-state index in [0.717, 1.165) is 31.2 Å². The largest absolute Gasteiger partial charge is 0.461 e. The highest BCUT2D eigenvalue weighted by molar-refractivity contribution is 5.70. The van der Waals surface area contributed by atoms with Crippen molar-refractivity contribution >= 4 is 5.97 Å². The highest BCUT2D eigenvalue weighted by Gasteiger charge is 2.35. The van der Waals surface area contributed by atoms with E-state index in [4.69, 9.17) is 4.74 Å². The molecule has 0 unspecified atom stereocenters. The maximum absolute atomic E-state index is 11.8. The van der Waals surface area contributed by atoms with E-state index in [1.54, 1.807) is 0 Å². The van der Waals surface area contributed by atoms with Crippen molar-refractivity contribution < 1.29 is 14.6 Å². The van der Waals surface area contributed by atoms with E-state index in [2.05, 4.69) is 0 Å². The number of hydrogen-bond acceptors (Lipinski definition) is 3. The summed E-state index contributed by atoms with van der Waals surface area (Å²) in [5.41, 5.74) is 0.781. The van der Waals surface area contributed by atoms with Gasteiger partial charge in [0.25, 0.3) is 0 Å². The predicted octanol–water partition coefficient (Wildman–Crippen LogP) is 2.67. The van der Waals surface area contributed by atoms with Gasteiger partial charge in [-0.3, -0.25) is 4.79 Å². The van der Waals surface area contributed by atoms with Gasteiger partial charge in [-0.25, -0.2) is 0 Å². The zero-order valence-corrected chi connectivity index (χ0v) is 10.6. The average molecular weight is 248 g/mol. The first-order valence-electron chi connectivity index (χ1n) is 6.55. The van der Waals surface area contributed by atoms with Crippen LogP contribution < -0.4 is 0 Å². The normalized spacial score (nSPS) is 17.6. The second-order valence-corrected chi connectivity index (χ2v) is 5.19. The highest BCUT2D eigenvalue weighted by Crippen LogP contribution is 2.40. The highest BCUT2D eigenvalue weighted by atomic mass is 16.5. The van der Waals surface area contributed by atoms with Crippen molar-refractivity contribution in [1.29, 1.82) is 0 Å². The standard InChI is InChI=1S/C15H20O3/c16-12-15(8-4-5-9-15)10-14(17)18-11-13-6-2-1-3-7-13/h1-3,6-7,16H,4-5,8-12H2. The Balaban J connectivity index is 1.82. The molecule has 3 heteroatoms. The molecular formula is C15H20O3. The summed E-state index contributed by atoms with van der Waals surface area (Å²) in [5.74, 6) is -0.199. The molecule has 1 aromatic carbocycles. The van der Waals surface area contributed by atoms with Crippen molar-refractivity contribution in [2.45, 2.75) is 38.7 Å². The quantitative estimate of drug-likeness (QED) is 0.815. The minimum Gasteiger partial charge on any atom is -0.461 e. The topological polar surface area (TPSA) is 46.5 Å². The Kier molecular flexibility index (Phi) is 4.37. The van der Waals surface area contributed by atoms with E-state index in [1.807, 2.05) is 30.3 Å². The molecule has 18 heavy (non-hydrogen) atoms. The molecule has 1 fully saturated rings. The minimum absolute atomic E-state index is 0.0907. The minimum atomic E-state index is -0.215. The molecule has 0 aliphatic heterocycles. The number of aliphatic hydroxyl groups is 1. The van der Waals surface area contributed by atoms with Gasteiger partial charge in [0, 0.05) is 12.0 Å². The second kappa shape index (κ2) is 6.01. The lowest BCUT2D eigenvalue weighted by Gasteiger charge is -2.24. The van der Waals surface area contributed by atoms with E-state index in [0.29, 0.717) is 13.0 Å². The van der Waals surface area contributed by atoms with Gasteiger partial charge in [0.1, 0.15) is 6.61 Å². The summed E-state index contributed by atoms with van der Waals surface area (Å²) in [6.07, 6.45) is 4.42. The van der Waals surface area contributed by atoms with E-state index in [1.165, 1.54) is 0 Å². The summed E-state index contributed by atoms with van der Waals surface area (Å²) >= 11 is 0. The van der Waals surface area contributed by atoms with Crippen LogP contribution in [0, 0.1) is 5.41 Å². The van der Waals surface area contributed by atoms with E-state index >= 15 is 0 Å². The van der Waals surface area contributed by atoms with Gasteiger partial charge in [-0.2, -0.15) is 0 Å². The van der Waals surface area contributed by atoms with Gasteiger partial charge >= 0.3 is 5.97 Å². The number of esters is 1. The van der Waals surface area contributed by atoms with Crippen LogP contribution in [0.5, 0.6) is 0 Å². The number of aliphatic hydroxyl groups excluding tert-OH is 1. The van der Waals surface area contributed by atoms with Crippen LogP contribution in [-0.2, 0) is 16.1 Å². The summed E-state index contributed by atoms with van der Waals surface area (Å²) < 4.78 is 5.27. The molecule has 1 N–H and O–H groups in total. The average Bonchev–Trinajstić information content (AvgIpc) is 2.87. The third kappa shape index (κ3) is 3.33. The number of rotatable bonds is 5. The zero-order chi connectivity index (χ0) is 12.8. The first kappa shape index (κ1) is 13.1. The molecule has 0 radical (unpaired) electrons. The third-order valence-corrected chi connectivity index (χ3v) is 3.76. The molecule has 98 valence electrons. The van der Waals surface area contributed by atoms with Crippen LogP contribution in [0.4, 0.5) is 0 Å². The van der Waals surface area contributed by atoms with Crippen LogP contribution >= 0.6 is 0 Å². The van der Waals surface area contributed by atoms with Crippen LogP contribution in [-0.4, -0.2) is 17.7 Å². The Morgan fingerprint density at radius 2 is 1.89 bits per heavy atom. The van der Waals surface area contributed by atoms with Crippen molar-refractivity contribution in [1.82, 2.24) is 0 Å². The predicted molar refractivity (Wildman–Crippen MR) is 68.8 cm³/mol. The molecule has 0 bridgehead atoms. The Morgan fingerprint density at radius 1 is 1.22 bits per heavy atom. The fraction of sp³-hybridized carbons (Fsp3) is 0.533. The van der Waals surface area contributed by atoms with Gasteiger partial charge in [0.05, 0.1) is 6.42 Å². The Hall–Kier alpha value is -1.35. The summed E-state index contributed by atoms with van der Waals surface area (Å²) in [6, 6.07) is 9.66. The molecule has 0 amide bonds. The van der Waals surface area contributed by atoms with Gasteiger partial charge in [-0.15, -0.1) is 0 Å². The zero-order valence-electron chi connectivity index (χ0n) is 10.6. The summed E-state index contributed by atoms with van der Waals surface area (Å²) in [4.78, 5) is 11.8. The molecule has 3 nitrogen and oxygen atoms in total. The molecule has 1 aliphatic carbocycles. The lowest BCUT2D eigenvalue weighted by Crippen LogP contribution is -2.26. The molecule has 0 spiro atoms. The molecule has 0 saturated heterocycles. The van der Waals surface area contributed by atoms with Gasteiger partial charge in [-0.1, -0.05) is 43.2 Å². The van der Waals surface area contributed by atoms with E-state index in [-0.39, 0.29) is 18.0 Å². The van der Waals surface area contributed by atoms with E-state index < -0.39 is 0 Å². The van der Waals surface area contributed by atoms with Crippen molar-refractivity contribution in [3.63, 3.8) is 0 Å². The maximum atomic E-state index is 11.8. The van der Waals surface area contributed by atoms with Crippen LogP contribution in [0.15, 0.2) is 30.3 Å². The van der Waals surface area contributed by atoms with Crippen LogP contribution in [0.25, 0.3) is 0 Å². The number of benzene rings is 1. The summed E-state index contributed by atoms with van der Waals surface area (Å²) in [7, 11) is 0. The smallest absolute Gasteiger partial charge is 0.306 e. The van der Waals surface area contributed by atoms with Gasteiger partial charge in [0.15, 0.2) is 0 Å². The van der Waals surface area contributed by atoms with Crippen LogP contribution in [0.3, 0.4) is 0 Å². The summed E-state index contributed by atoms with van der Waals surface area (Å²) in [6.45, 7) is 0.411. The molecule has 1 saturated carbocycles. The molecule has 1 aromatic rings. The van der Waals surface area contributed by atoms with Crippen molar-refractivity contribution in [2.24, 2.45) is 5.41 Å². The molecule has 0 atom stereocenters. The molecule has 2 rings (SSSR count). The van der Waals surface area contributed by atoms with Crippen LogP contribution in [0.2, 0.25) is 0 Å².